The van der Waals surface area contributed by atoms with Crippen LogP contribution in [0.15, 0.2) is 42.5 Å². The lowest BCUT2D eigenvalue weighted by Crippen LogP contribution is -2.36. The van der Waals surface area contributed by atoms with Crippen molar-refractivity contribution in [3.63, 3.8) is 0 Å². The summed E-state index contributed by atoms with van der Waals surface area (Å²) in [4.78, 5) is 25.6. The molecule has 0 aliphatic rings. The highest BCUT2D eigenvalue weighted by atomic mass is 35.5. The largest absolute Gasteiger partial charge is 0.495 e. The van der Waals surface area contributed by atoms with E-state index in [0.29, 0.717) is 27.2 Å². The Kier molecular flexibility index (Phi) is 6.06. The number of benzene rings is 2. The van der Waals surface area contributed by atoms with E-state index in [2.05, 4.69) is 5.32 Å². The molecule has 5 nitrogen and oxygen atoms in total. The molecule has 0 atom stereocenters. The second kappa shape index (κ2) is 8.04. The van der Waals surface area contributed by atoms with E-state index in [1.165, 1.54) is 18.9 Å². The summed E-state index contributed by atoms with van der Waals surface area (Å²) in [6, 6.07) is 11.6. The number of hydrogen-bond donors (Lipinski definition) is 1. The molecule has 0 unspecified atom stereocenters. The average Bonchev–Trinajstić information content (AvgIpc) is 2.52. The van der Waals surface area contributed by atoms with Crippen molar-refractivity contribution in [1.82, 2.24) is 0 Å². The average molecular weight is 367 g/mol. The second-order valence-corrected chi connectivity index (χ2v) is 5.85. The molecule has 1 N–H and O–H groups in total. The Hall–Kier alpha value is -2.24. The minimum Gasteiger partial charge on any atom is -0.495 e. The van der Waals surface area contributed by atoms with Crippen LogP contribution in [0, 0.1) is 0 Å². The van der Waals surface area contributed by atoms with Gasteiger partial charge in [0, 0.05) is 22.7 Å². The number of carbonyl (C=O) groups is 2. The first kappa shape index (κ1) is 18.1. The number of carbonyl (C=O) groups excluding carboxylic acids is 2. The van der Waals surface area contributed by atoms with E-state index in [-0.39, 0.29) is 18.4 Å². The Morgan fingerprint density at radius 2 is 1.83 bits per heavy atom. The van der Waals surface area contributed by atoms with E-state index in [9.17, 15) is 9.59 Å². The zero-order valence-electron chi connectivity index (χ0n) is 13.2. The number of anilines is 2. The van der Waals surface area contributed by atoms with Crippen molar-refractivity contribution >= 4 is 46.4 Å². The molecule has 0 radical (unpaired) electrons. The minimum absolute atomic E-state index is 0.182. The standard InChI is InChI=1S/C17H16Cl2N2O3/c1-11(22)21(15-9-13(19)6-7-16(15)24-2)10-17(23)20-14-5-3-4-12(18)8-14/h3-9H,10H2,1-2H3,(H,20,23). The smallest absolute Gasteiger partial charge is 0.244 e. The first-order valence-electron chi connectivity index (χ1n) is 7.07. The Morgan fingerprint density at radius 3 is 2.46 bits per heavy atom. The van der Waals surface area contributed by atoms with Gasteiger partial charge in [0.2, 0.25) is 11.8 Å². The van der Waals surface area contributed by atoms with Crippen LogP contribution in [0.5, 0.6) is 5.75 Å². The highest BCUT2D eigenvalue weighted by Gasteiger charge is 2.20. The highest BCUT2D eigenvalue weighted by Crippen LogP contribution is 2.31. The summed E-state index contributed by atoms with van der Waals surface area (Å²) in [5, 5.41) is 3.64. The number of nitrogens with zero attached hydrogens (tertiary/aromatic N) is 1. The lowest BCUT2D eigenvalue weighted by Gasteiger charge is -2.23. The van der Waals surface area contributed by atoms with Crippen LogP contribution in [0.3, 0.4) is 0 Å². The Labute approximate surface area is 150 Å². The number of nitrogens with one attached hydrogen (secondary N) is 1. The summed E-state index contributed by atoms with van der Waals surface area (Å²) in [6.07, 6.45) is 0. The van der Waals surface area contributed by atoms with Crippen molar-refractivity contribution in [2.75, 3.05) is 23.9 Å². The second-order valence-electron chi connectivity index (χ2n) is 4.98. The normalized spacial score (nSPS) is 10.2. The molecule has 0 aliphatic carbocycles. The summed E-state index contributed by atoms with van der Waals surface area (Å²) < 4.78 is 5.25. The van der Waals surface area contributed by atoms with Gasteiger partial charge in [-0.3, -0.25) is 14.5 Å². The summed E-state index contributed by atoms with van der Waals surface area (Å²) in [6.45, 7) is 1.19. The maximum atomic E-state index is 12.3. The number of amides is 2. The van der Waals surface area contributed by atoms with Gasteiger partial charge in [-0.2, -0.15) is 0 Å². The molecule has 0 spiro atoms. The SMILES string of the molecule is COc1ccc(Cl)cc1N(CC(=O)Nc1cccc(Cl)c1)C(C)=O. The van der Waals surface area contributed by atoms with Gasteiger partial charge >= 0.3 is 0 Å². The van der Waals surface area contributed by atoms with Crippen molar-refractivity contribution in [3.05, 3.63) is 52.5 Å². The van der Waals surface area contributed by atoms with E-state index in [4.69, 9.17) is 27.9 Å². The van der Waals surface area contributed by atoms with E-state index >= 15 is 0 Å². The van der Waals surface area contributed by atoms with Gasteiger partial charge in [0.15, 0.2) is 0 Å². The molecule has 2 aromatic rings. The third-order valence-electron chi connectivity index (χ3n) is 3.22. The molecule has 0 fully saturated rings. The van der Waals surface area contributed by atoms with Crippen LogP contribution in [-0.4, -0.2) is 25.5 Å². The zero-order valence-corrected chi connectivity index (χ0v) is 14.7. The number of halogens is 2. The molecule has 0 saturated heterocycles. The van der Waals surface area contributed by atoms with Gasteiger partial charge in [-0.1, -0.05) is 29.3 Å². The number of methoxy groups -OCH3 is 1. The van der Waals surface area contributed by atoms with Crippen LogP contribution < -0.4 is 15.0 Å². The molecule has 7 heteroatoms. The fourth-order valence-corrected chi connectivity index (χ4v) is 2.51. The molecule has 0 saturated carbocycles. The lowest BCUT2D eigenvalue weighted by molar-refractivity contribution is -0.120. The Balaban J connectivity index is 2.21. The third-order valence-corrected chi connectivity index (χ3v) is 3.69. The van der Waals surface area contributed by atoms with Gasteiger partial charge in [0.1, 0.15) is 12.3 Å². The molecule has 2 aromatic carbocycles. The van der Waals surface area contributed by atoms with Crippen LogP contribution in [0.25, 0.3) is 0 Å². The molecule has 0 bridgehead atoms. The van der Waals surface area contributed by atoms with Crippen molar-refractivity contribution in [2.24, 2.45) is 0 Å². The third kappa shape index (κ3) is 4.63. The van der Waals surface area contributed by atoms with E-state index in [1.807, 2.05) is 0 Å². The Morgan fingerprint density at radius 1 is 1.12 bits per heavy atom. The van der Waals surface area contributed by atoms with Gasteiger partial charge in [-0.15, -0.1) is 0 Å². The quantitative estimate of drug-likeness (QED) is 0.869. The predicted octanol–water partition coefficient (Wildman–Crippen LogP) is 3.99. The van der Waals surface area contributed by atoms with Gasteiger partial charge in [-0.25, -0.2) is 0 Å². The molecular formula is C17H16Cl2N2O3. The van der Waals surface area contributed by atoms with Crippen molar-refractivity contribution < 1.29 is 14.3 Å². The molecule has 0 heterocycles. The summed E-state index contributed by atoms with van der Waals surface area (Å²) >= 11 is 11.9. The van der Waals surface area contributed by atoms with Crippen molar-refractivity contribution in [1.29, 1.82) is 0 Å². The van der Waals surface area contributed by atoms with Crippen LogP contribution >= 0.6 is 23.2 Å². The molecule has 0 aromatic heterocycles. The van der Waals surface area contributed by atoms with Crippen LogP contribution in [-0.2, 0) is 9.59 Å². The fraction of sp³-hybridized carbons (Fsp3) is 0.176. The fourth-order valence-electron chi connectivity index (χ4n) is 2.15. The van der Waals surface area contributed by atoms with Gasteiger partial charge in [0.05, 0.1) is 12.8 Å². The van der Waals surface area contributed by atoms with Gasteiger partial charge in [0.25, 0.3) is 0 Å². The first-order chi connectivity index (χ1) is 11.4. The van der Waals surface area contributed by atoms with Crippen LogP contribution in [0.1, 0.15) is 6.92 Å². The maximum Gasteiger partial charge on any atom is 0.244 e. The van der Waals surface area contributed by atoms with Gasteiger partial charge in [-0.05, 0) is 36.4 Å². The Bertz CT molecular complexity index is 765. The summed E-state index contributed by atoms with van der Waals surface area (Å²) in [5.74, 6) is -0.225. The summed E-state index contributed by atoms with van der Waals surface area (Å²) in [5.41, 5.74) is 0.979. The van der Waals surface area contributed by atoms with E-state index in [1.54, 1.807) is 42.5 Å². The number of hydrogen-bond acceptors (Lipinski definition) is 3. The maximum absolute atomic E-state index is 12.3. The van der Waals surface area contributed by atoms with Crippen LogP contribution in [0.2, 0.25) is 10.0 Å². The predicted molar refractivity (Wildman–Crippen MR) is 96.1 cm³/mol. The van der Waals surface area contributed by atoms with Gasteiger partial charge < -0.3 is 10.1 Å². The molecule has 24 heavy (non-hydrogen) atoms. The number of ether oxygens (including phenoxy) is 1. The molecule has 126 valence electrons. The zero-order chi connectivity index (χ0) is 17.7. The molecule has 2 rings (SSSR count). The molecule has 2 amide bonds. The topological polar surface area (TPSA) is 58.6 Å². The van der Waals surface area contributed by atoms with Crippen molar-refractivity contribution in [2.45, 2.75) is 6.92 Å². The molecule has 0 aliphatic heterocycles. The number of rotatable bonds is 5. The lowest BCUT2D eigenvalue weighted by atomic mass is 10.2. The van der Waals surface area contributed by atoms with E-state index < -0.39 is 0 Å². The monoisotopic (exact) mass is 366 g/mol. The minimum atomic E-state index is -0.366. The first-order valence-corrected chi connectivity index (χ1v) is 7.83. The van der Waals surface area contributed by atoms with Crippen molar-refractivity contribution in [3.8, 4) is 5.75 Å². The van der Waals surface area contributed by atoms with E-state index in [0.717, 1.165) is 0 Å². The van der Waals surface area contributed by atoms with Crippen LogP contribution in [0.4, 0.5) is 11.4 Å². The molecular weight excluding hydrogens is 351 g/mol. The highest BCUT2D eigenvalue weighted by molar-refractivity contribution is 6.31. The summed E-state index contributed by atoms with van der Waals surface area (Å²) in [7, 11) is 1.48.